The number of thiophene rings is 1. The van der Waals surface area contributed by atoms with E-state index in [1.54, 1.807) is 6.07 Å². The molecule has 0 aliphatic carbocycles. The molecular formula is C11H15NO2S. The average molecular weight is 225 g/mol. The van der Waals surface area contributed by atoms with E-state index in [0.717, 1.165) is 0 Å². The third-order valence-corrected chi connectivity index (χ3v) is 2.70. The summed E-state index contributed by atoms with van der Waals surface area (Å²) in [6.07, 6.45) is 0.519. The summed E-state index contributed by atoms with van der Waals surface area (Å²) < 4.78 is 0. The topological polar surface area (TPSA) is 46.2 Å². The summed E-state index contributed by atoms with van der Waals surface area (Å²) >= 11 is 1.37. The maximum Gasteiger partial charge on any atom is 0.261 e. The quantitative estimate of drug-likeness (QED) is 0.834. The molecule has 15 heavy (non-hydrogen) atoms. The molecular weight excluding hydrogens is 210 g/mol. The maximum absolute atomic E-state index is 11.4. The van der Waals surface area contributed by atoms with Crippen LogP contribution in [0, 0.1) is 5.92 Å². The fourth-order valence-electron chi connectivity index (χ4n) is 1.20. The van der Waals surface area contributed by atoms with Gasteiger partial charge in [0, 0.05) is 6.42 Å². The first-order valence-corrected chi connectivity index (χ1v) is 5.81. The Hall–Kier alpha value is -1.16. The monoisotopic (exact) mass is 225 g/mol. The van der Waals surface area contributed by atoms with Gasteiger partial charge in [-0.25, -0.2) is 0 Å². The summed E-state index contributed by atoms with van der Waals surface area (Å²) in [6.45, 7) is 4.10. The summed E-state index contributed by atoms with van der Waals surface area (Å²) in [7, 11) is 0. The van der Waals surface area contributed by atoms with Crippen LogP contribution in [0.2, 0.25) is 0 Å². The van der Waals surface area contributed by atoms with Crippen LogP contribution < -0.4 is 5.32 Å². The van der Waals surface area contributed by atoms with Crippen LogP contribution in [-0.4, -0.2) is 18.2 Å². The van der Waals surface area contributed by atoms with Gasteiger partial charge >= 0.3 is 0 Å². The molecule has 1 aromatic heterocycles. The molecule has 1 aromatic rings. The standard InChI is InChI=1S/C11H15NO2S/c1-8(2)6-9(13)7-12-11(14)10-4-3-5-15-10/h3-5,8H,6-7H2,1-2H3,(H,12,14). The molecule has 82 valence electrons. The van der Waals surface area contributed by atoms with Gasteiger partial charge in [0.25, 0.3) is 5.91 Å². The molecule has 0 spiro atoms. The third-order valence-electron chi connectivity index (χ3n) is 1.83. The van der Waals surface area contributed by atoms with E-state index in [-0.39, 0.29) is 18.2 Å². The van der Waals surface area contributed by atoms with Gasteiger partial charge in [-0.1, -0.05) is 19.9 Å². The zero-order valence-electron chi connectivity index (χ0n) is 8.95. The Morgan fingerprint density at radius 1 is 1.47 bits per heavy atom. The fraction of sp³-hybridized carbons (Fsp3) is 0.455. The van der Waals surface area contributed by atoms with Crippen LogP contribution in [0.5, 0.6) is 0 Å². The fourth-order valence-corrected chi connectivity index (χ4v) is 1.84. The lowest BCUT2D eigenvalue weighted by atomic mass is 10.1. The number of Topliss-reactive ketones (excluding diaryl/α,β-unsaturated/α-hetero) is 1. The molecule has 1 amide bonds. The first kappa shape index (κ1) is 11.9. The Labute approximate surface area is 93.5 Å². The highest BCUT2D eigenvalue weighted by molar-refractivity contribution is 7.12. The number of hydrogen-bond acceptors (Lipinski definition) is 3. The SMILES string of the molecule is CC(C)CC(=O)CNC(=O)c1cccs1. The van der Waals surface area contributed by atoms with Crippen LogP contribution in [0.25, 0.3) is 0 Å². The number of carbonyl (C=O) groups is 2. The lowest BCUT2D eigenvalue weighted by Gasteiger charge is -2.04. The molecule has 0 saturated carbocycles. The van der Waals surface area contributed by atoms with Crippen molar-refractivity contribution in [3.63, 3.8) is 0 Å². The van der Waals surface area contributed by atoms with Crippen molar-refractivity contribution < 1.29 is 9.59 Å². The Bertz CT molecular complexity index is 330. The van der Waals surface area contributed by atoms with Crippen LogP contribution in [-0.2, 0) is 4.79 Å². The average Bonchev–Trinajstić information content (AvgIpc) is 2.65. The van der Waals surface area contributed by atoms with Gasteiger partial charge in [-0.3, -0.25) is 9.59 Å². The summed E-state index contributed by atoms with van der Waals surface area (Å²) in [5.41, 5.74) is 0. The molecule has 0 fully saturated rings. The van der Waals surface area contributed by atoms with Crippen LogP contribution in [0.4, 0.5) is 0 Å². The van der Waals surface area contributed by atoms with E-state index >= 15 is 0 Å². The second-order valence-corrected chi connectivity index (χ2v) is 4.74. The smallest absolute Gasteiger partial charge is 0.261 e. The molecule has 0 unspecified atom stereocenters. The summed E-state index contributed by atoms with van der Waals surface area (Å²) in [5.74, 6) is 0.258. The van der Waals surface area contributed by atoms with Gasteiger partial charge in [0.1, 0.15) is 0 Å². The number of rotatable bonds is 5. The molecule has 4 heteroatoms. The highest BCUT2D eigenvalue weighted by Gasteiger charge is 2.09. The van der Waals surface area contributed by atoms with Crippen LogP contribution in [0.1, 0.15) is 29.9 Å². The van der Waals surface area contributed by atoms with Crippen molar-refractivity contribution >= 4 is 23.0 Å². The van der Waals surface area contributed by atoms with Gasteiger partial charge in [-0.15, -0.1) is 11.3 Å². The van der Waals surface area contributed by atoms with Gasteiger partial charge in [0.15, 0.2) is 5.78 Å². The zero-order chi connectivity index (χ0) is 11.3. The van der Waals surface area contributed by atoms with Crippen molar-refractivity contribution in [1.29, 1.82) is 0 Å². The van der Waals surface area contributed by atoms with E-state index in [2.05, 4.69) is 5.32 Å². The Morgan fingerprint density at radius 3 is 2.73 bits per heavy atom. The molecule has 0 radical (unpaired) electrons. The van der Waals surface area contributed by atoms with Crippen molar-refractivity contribution in [3.05, 3.63) is 22.4 Å². The minimum Gasteiger partial charge on any atom is -0.344 e. The number of amides is 1. The van der Waals surface area contributed by atoms with Crippen LogP contribution >= 0.6 is 11.3 Å². The van der Waals surface area contributed by atoms with Crippen molar-refractivity contribution in [1.82, 2.24) is 5.32 Å². The van der Waals surface area contributed by atoms with Crippen molar-refractivity contribution in [2.24, 2.45) is 5.92 Å². The Kier molecular flexibility index (Phi) is 4.49. The van der Waals surface area contributed by atoms with Crippen molar-refractivity contribution in [3.8, 4) is 0 Å². The van der Waals surface area contributed by atoms with Crippen LogP contribution in [0.15, 0.2) is 17.5 Å². The predicted octanol–water partition coefficient (Wildman–Crippen LogP) is 2.09. The highest BCUT2D eigenvalue weighted by atomic mass is 32.1. The number of ketones is 1. The normalized spacial score (nSPS) is 10.3. The van der Waals surface area contributed by atoms with Gasteiger partial charge in [-0.05, 0) is 17.4 Å². The zero-order valence-corrected chi connectivity index (χ0v) is 9.76. The Balaban J connectivity index is 2.32. The van der Waals surface area contributed by atoms with Crippen molar-refractivity contribution in [2.45, 2.75) is 20.3 Å². The van der Waals surface area contributed by atoms with E-state index < -0.39 is 0 Å². The number of carbonyl (C=O) groups excluding carboxylic acids is 2. The summed E-state index contributed by atoms with van der Waals surface area (Å²) in [5, 5.41) is 4.45. The van der Waals surface area contributed by atoms with Crippen molar-refractivity contribution in [2.75, 3.05) is 6.54 Å². The summed E-state index contributed by atoms with van der Waals surface area (Å²) in [4.78, 5) is 23.4. The van der Waals surface area contributed by atoms with E-state index in [1.165, 1.54) is 11.3 Å². The largest absolute Gasteiger partial charge is 0.344 e. The molecule has 0 atom stereocenters. The minimum atomic E-state index is -0.165. The molecule has 3 nitrogen and oxygen atoms in total. The van der Waals surface area contributed by atoms with Gasteiger partial charge < -0.3 is 5.32 Å². The van der Waals surface area contributed by atoms with Gasteiger partial charge in [0.05, 0.1) is 11.4 Å². The number of hydrogen-bond donors (Lipinski definition) is 1. The van der Waals surface area contributed by atoms with E-state index in [4.69, 9.17) is 0 Å². The molecule has 0 aromatic carbocycles. The van der Waals surface area contributed by atoms with Gasteiger partial charge in [0.2, 0.25) is 0 Å². The van der Waals surface area contributed by atoms with Crippen LogP contribution in [0.3, 0.4) is 0 Å². The summed E-state index contributed by atoms with van der Waals surface area (Å²) in [6, 6.07) is 3.56. The van der Waals surface area contributed by atoms with E-state index in [1.807, 2.05) is 25.3 Å². The molecule has 0 saturated heterocycles. The lowest BCUT2D eigenvalue weighted by molar-refractivity contribution is -0.118. The second-order valence-electron chi connectivity index (χ2n) is 3.80. The molecule has 1 heterocycles. The lowest BCUT2D eigenvalue weighted by Crippen LogP contribution is -2.29. The third kappa shape index (κ3) is 4.25. The van der Waals surface area contributed by atoms with Gasteiger partial charge in [-0.2, -0.15) is 0 Å². The second kappa shape index (κ2) is 5.66. The minimum absolute atomic E-state index is 0.0786. The molecule has 1 rings (SSSR count). The van der Waals surface area contributed by atoms with E-state index in [9.17, 15) is 9.59 Å². The first-order valence-electron chi connectivity index (χ1n) is 4.93. The predicted molar refractivity (Wildman–Crippen MR) is 61.1 cm³/mol. The molecule has 0 aliphatic heterocycles. The molecule has 0 aliphatic rings. The van der Waals surface area contributed by atoms with E-state index in [0.29, 0.717) is 17.2 Å². The Morgan fingerprint density at radius 2 is 2.20 bits per heavy atom. The maximum atomic E-state index is 11.4. The number of nitrogens with one attached hydrogen (secondary N) is 1. The first-order chi connectivity index (χ1) is 7.09. The molecule has 1 N–H and O–H groups in total. The molecule has 0 bridgehead atoms. The highest BCUT2D eigenvalue weighted by Crippen LogP contribution is 2.07.